The molecule has 2 rings (SSSR count). The van der Waals surface area contributed by atoms with Crippen LogP contribution in [0.25, 0.3) is 0 Å². The number of nitrogens with one attached hydrogen (secondary N) is 3. The fourth-order valence-corrected chi connectivity index (χ4v) is 1.58. The average Bonchev–Trinajstić information content (AvgIpc) is 3.34. The highest BCUT2D eigenvalue weighted by Gasteiger charge is 2.26. The third-order valence-electron chi connectivity index (χ3n) is 2.86. The van der Waals surface area contributed by atoms with Crippen molar-refractivity contribution in [2.45, 2.75) is 18.9 Å². The maximum atomic E-state index is 11.6. The van der Waals surface area contributed by atoms with Gasteiger partial charge in [-0.15, -0.1) is 0 Å². The van der Waals surface area contributed by atoms with Crippen LogP contribution in [0.4, 0.5) is 0 Å². The summed E-state index contributed by atoms with van der Waals surface area (Å²) in [6, 6.07) is 6.91. The molecule has 118 valence electrons. The summed E-state index contributed by atoms with van der Waals surface area (Å²) < 4.78 is 10.3. The lowest BCUT2D eigenvalue weighted by molar-refractivity contribution is -0.141. The molecule has 0 heterocycles. The lowest BCUT2D eigenvalue weighted by Gasteiger charge is -2.11. The number of para-hydroxylation sites is 2. The molecule has 1 saturated carbocycles. The zero-order valence-electron chi connectivity index (χ0n) is 12.0. The smallest absolute Gasteiger partial charge is 0.327 e. The highest BCUT2D eigenvalue weighted by atomic mass is 16.5. The van der Waals surface area contributed by atoms with Gasteiger partial charge in [0.25, 0.3) is 5.91 Å². The van der Waals surface area contributed by atoms with E-state index in [-0.39, 0.29) is 12.6 Å². The number of rotatable bonds is 5. The molecule has 8 heteroatoms. The van der Waals surface area contributed by atoms with Crippen molar-refractivity contribution in [3.05, 3.63) is 24.3 Å². The zero-order valence-corrected chi connectivity index (χ0v) is 12.0. The van der Waals surface area contributed by atoms with Crippen LogP contribution >= 0.6 is 0 Å². The van der Waals surface area contributed by atoms with Crippen LogP contribution in [0.3, 0.4) is 0 Å². The maximum absolute atomic E-state index is 11.6. The highest BCUT2D eigenvalue weighted by Crippen LogP contribution is 2.25. The van der Waals surface area contributed by atoms with Crippen LogP contribution in [-0.4, -0.2) is 37.5 Å². The molecule has 22 heavy (non-hydrogen) atoms. The lowest BCUT2D eigenvalue weighted by atomic mass is 10.3. The van der Waals surface area contributed by atoms with Crippen molar-refractivity contribution in [1.82, 2.24) is 16.2 Å². The molecule has 0 aliphatic heterocycles. The van der Waals surface area contributed by atoms with Crippen LogP contribution in [0.2, 0.25) is 0 Å². The molecule has 0 atom stereocenters. The van der Waals surface area contributed by atoms with Crippen LogP contribution in [0, 0.1) is 0 Å². The number of ether oxygens (including phenoxy) is 2. The Bertz CT molecular complexity index is 571. The van der Waals surface area contributed by atoms with E-state index in [4.69, 9.17) is 9.47 Å². The largest absolute Gasteiger partial charge is 0.493 e. The van der Waals surface area contributed by atoms with E-state index in [1.54, 1.807) is 24.3 Å². The second-order valence-electron chi connectivity index (χ2n) is 4.69. The average molecular weight is 307 g/mol. The molecule has 0 saturated heterocycles. The Labute approximate surface area is 127 Å². The number of hydrazine groups is 1. The Kier molecular flexibility index (Phi) is 5.18. The lowest BCUT2D eigenvalue weighted by Crippen LogP contribution is -2.50. The number of carbonyl (C=O) groups is 3. The quantitative estimate of drug-likeness (QED) is 0.502. The molecule has 0 spiro atoms. The first kappa shape index (κ1) is 15.6. The van der Waals surface area contributed by atoms with Gasteiger partial charge in [0.05, 0.1) is 7.11 Å². The van der Waals surface area contributed by atoms with Gasteiger partial charge in [0.1, 0.15) is 0 Å². The second kappa shape index (κ2) is 7.30. The molecule has 1 fully saturated rings. The predicted molar refractivity (Wildman–Crippen MR) is 75.9 cm³/mol. The fraction of sp³-hybridized carbons (Fsp3) is 0.357. The Balaban J connectivity index is 1.71. The van der Waals surface area contributed by atoms with Crippen LogP contribution in [0.5, 0.6) is 11.5 Å². The minimum atomic E-state index is -0.919. The summed E-state index contributed by atoms with van der Waals surface area (Å²) in [5.41, 5.74) is 4.12. The molecular formula is C14H17N3O5. The molecule has 0 bridgehead atoms. The summed E-state index contributed by atoms with van der Waals surface area (Å²) in [6.45, 7) is -0.328. The number of carbonyl (C=O) groups excluding carboxylic acids is 3. The van der Waals surface area contributed by atoms with E-state index < -0.39 is 17.7 Å². The third-order valence-corrected chi connectivity index (χ3v) is 2.86. The molecule has 3 amide bonds. The number of hydrogen-bond acceptors (Lipinski definition) is 5. The standard InChI is InChI=1S/C14H17N3O5/c1-21-10-4-2-3-5-11(10)22-8-12(18)16-17-14(20)13(19)15-9-6-7-9/h2-5,9H,6-8H2,1H3,(H,15,19)(H,16,18)(H,17,20). The number of amides is 3. The Hall–Kier alpha value is -2.77. The summed E-state index contributed by atoms with van der Waals surface area (Å²) in [5.74, 6) is -1.40. The molecule has 0 radical (unpaired) electrons. The van der Waals surface area contributed by atoms with Gasteiger partial charge in [0.15, 0.2) is 18.1 Å². The fourth-order valence-electron chi connectivity index (χ4n) is 1.58. The summed E-state index contributed by atoms with van der Waals surface area (Å²) in [7, 11) is 1.49. The van der Waals surface area contributed by atoms with E-state index in [9.17, 15) is 14.4 Å². The molecule has 1 aliphatic carbocycles. The van der Waals surface area contributed by atoms with E-state index in [1.165, 1.54) is 7.11 Å². The number of methoxy groups -OCH3 is 1. The first-order chi connectivity index (χ1) is 10.6. The first-order valence-corrected chi connectivity index (χ1v) is 6.75. The SMILES string of the molecule is COc1ccccc1OCC(=O)NNC(=O)C(=O)NC1CC1. The van der Waals surface area contributed by atoms with E-state index >= 15 is 0 Å². The highest BCUT2D eigenvalue weighted by molar-refractivity contribution is 6.35. The van der Waals surface area contributed by atoms with Crippen LogP contribution in [0.15, 0.2) is 24.3 Å². The van der Waals surface area contributed by atoms with Crippen molar-refractivity contribution < 1.29 is 23.9 Å². The predicted octanol–water partition coefficient (Wildman–Crippen LogP) is -0.500. The van der Waals surface area contributed by atoms with Crippen LogP contribution in [-0.2, 0) is 14.4 Å². The summed E-state index contributed by atoms with van der Waals surface area (Å²) in [4.78, 5) is 34.3. The van der Waals surface area contributed by atoms with Crippen LogP contribution < -0.4 is 25.6 Å². The van der Waals surface area contributed by atoms with Gasteiger partial charge in [0, 0.05) is 6.04 Å². The van der Waals surface area contributed by atoms with Gasteiger partial charge in [-0.2, -0.15) is 0 Å². The molecule has 1 aromatic carbocycles. The van der Waals surface area contributed by atoms with Gasteiger partial charge in [-0.05, 0) is 25.0 Å². The Morgan fingerprint density at radius 3 is 2.41 bits per heavy atom. The second-order valence-corrected chi connectivity index (χ2v) is 4.69. The Morgan fingerprint density at radius 1 is 1.09 bits per heavy atom. The molecule has 1 aromatic rings. The van der Waals surface area contributed by atoms with Crippen LogP contribution in [0.1, 0.15) is 12.8 Å². The zero-order chi connectivity index (χ0) is 15.9. The van der Waals surface area contributed by atoms with Crippen molar-refractivity contribution in [2.75, 3.05) is 13.7 Å². The minimum Gasteiger partial charge on any atom is -0.493 e. The van der Waals surface area contributed by atoms with E-state index in [0.717, 1.165) is 12.8 Å². The van der Waals surface area contributed by atoms with Crippen molar-refractivity contribution >= 4 is 17.7 Å². The van der Waals surface area contributed by atoms with Crippen molar-refractivity contribution in [2.24, 2.45) is 0 Å². The Morgan fingerprint density at radius 2 is 1.77 bits per heavy atom. The number of hydrogen-bond donors (Lipinski definition) is 3. The van der Waals surface area contributed by atoms with Gasteiger partial charge in [-0.1, -0.05) is 12.1 Å². The molecule has 0 aromatic heterocycles. The van der Waals surface area contributed by atoms with Gasteiger partial charge in [-0.3, -0.25) is 25.2 Å². The summed E-state index contributed by atoms with van der Waals surface area (Å²) in [6.07, 6.45) is 1.75. The normalized spacial score (nSPS) is 13.0. The first-order valence-electron chi connectivity index (χ1n) is 6.75. The summed E-state index contributed by atoms with van der Waals surface area (Å²) >= 11 is 0. The van der Waals surface area contributed by atoms with Gasteiger partial charge in [0.2, 0.25) is 0 Å². The van der Waals surface area contributed by atoms with Crippen molar-refractivity contribution in [3.63, 3.8) is 0 Å². The van der Waals surface area contributed by atoms with E-state index in [1.807, 2.05) is 5.43 Å². The van der Waals surface area contributed by atoms with E-state index in [2.05, 4.69) is 10.7 Å². The maximum Gasteiger partial charge on any atom is 0.327 e. The van der Waals surface area contributed by atoms with E-state index in [0.29, 0.717) is 11.5 Å². The van der Waals surface area contributed by atoms with Crippen molar-refractivity contribution in [1.29, 1.82) is 0 Å². The van der Waals surface area contributed by atoms with Gasteiger partial charge < -0.3 is 14.8 Å². The molecule has 1 aliphatic rings. The monoisotopic (exact) mass is 307 g/mol. The number of benzene rings is 1. The molecule has 0 unspecified atom stereocenters. The minimum absolute atomic E-state index is 0.0721. The molecule has 3 N–H and O–H groups in total. The summed E-state index contributed by atoms with van der Waals surface area (Å²) in [5, 5.41) is 2.50. The molecular weight excluding hydrogens is 290 g/mol. The van der Waals surface area contributed by atoms with Crippen molar-refractivity contribution in [3.8, 4) is 11.5 Å². The third kappa shape index (κ3) is 4.65. The van der Waals surface area contributed by atoms with Gasteiger partial charge >= 0.3 is 11.8 Å². The topological polar surface area (TPSA) is 106 Å². The van der Waals surface area contributed by atoms with Gasteiger partial charge in [-0.25, -0.2) is 0 Å². The molecule has 8 nitrogen and oxygen atoms in total.